The van der Waals surface area contributed by atoms with Crippen LogP contribution in [0.15, 0.2) is 23.7 Å². The van der Waals surface area contributed by atoms with Gasteiger partial charge in [0.05, 0.1) is 18.3 Å². The average molecular weight is 404 g/mol. The number of carbonyl (C=O) groups is 1. The third-order valence-electron chi connectivity index (χ3n) is 4.99. The summed E-state index contributed by atoms with van der Waals surface area (Å²) < 4.78 is 23.1. The van der Waals surface area contributed by atoms with Crippen molar-refractivity contribution in [1.82, 2.24) is 5.32 Å². The highest BCUT2D eigenvalue weighted by Crippen LogP contribution is 2.39. The average Bonchev–Trinajstić information content (AvgIpc) is 2.77. The summed E-state index contributed by atoms with van der Waals surface area (Å²) in [5.74, 6) is 0.658. The van der Waals surface area contributed by atoms with Gasteiger partial charge in [-0.1, -0.05) is 6.08 Å². The normalized spacial score (nSPS) is 18.5. The summed E-state index contributed by atoms with van der Waals surface area (Å²) >= 11 is 0. The van der Waals surface area contributed by atoms with Crippen molar-refractivity contribution in [2.75, 3.05) is 19.4 Å². The summed E-state index contributed by atoms with van der Waals surface area (Å²) in [4.78, 5) is 12.2. The quantitative estimate of drug-likeness (QED) is 0.573. The Hall–Kier alpha value is -2.19. The van der Waals surface area contributed by atoms with E-state index in [4.69, 9.17) is 24.5 Å². The van der Waals surface area contributed by atoms with E-state index in [9.17, 15) is 4.79 Å². The maximum absolute atomic E-state index is 12.2. The molecule has 1 aromatic carbocycles. The molecule has 0 bridgehead atoms. The molecule has 0 aliphatic carbocycles. The summed E-state index contributed by atoms with van der Waals surface area (Å²) in [5, 5.41) is 2.78. The van der Waals surface area contributed by atoms with Crippen molar-refractivity contribution in [2.24, 2.45) is 0 Å². The van der Waals surface area contributed by atoms with Crippen molar-refractivity contribution in [2.45, 2.75) is 65.3 Å². The predicted octanol–water partition coefficient (Wildman–Crippen LogP) is 3.82. The highest BCUT2D eigenvalue weighted by molar-refractivity contribution is 6.56. The molecule has 0 spiro atoms. The topological polar surface area (TPSA) is 92.0 Å². The summed E-state index contributed by atoms with van der Waals surface area (Å²) in [6.45, 7) is 13.5. The number of methoxy groups -OCH3 is 1. The molecule has 8 heteroatoms. The molecule has 160 valence electrons. The number of alkyl carbamates (subject to hydrolysis) is 1. The van der Waals surface area contributed by atoms with E-state index in [2.05, 4.69) is 5.32 Å². The molecule has 0 radical (unpaired) electrons. The standard InChI is InChI=1S/C21H33BN2O5/c1-19(2,3)27-18(25)24-13-15(22-28-20(4,5)21(6,7)29-22)11-14-12-16(23)9-10-17(14)26-8/h9-12H,13,23H2,1-8H3,(H,24,25). The van der Waals surface area contributed by atoms with Crippen LogP contribution in [0.1, 0.15) is 54.0 Å². The fourth-order valence-electron chi connectivity index (χ4n) is 2.75. The Morgan fingerprint density at radius 1 is 1.21 bits per heavy atom. The number of nitrogens with two attached hydrogens (primary N) is 1. The van der Waals surface area contributed by atoms with Gasteiger partial charge in [0.25, 0.3) is 0 Å². The molecule has 0 aromatic heterocycles. The Morgan fingerprint density at radius 3 is 2.31 bits per heavy atom. The van der Waals surface area contributed by atoms with Crippen molar-refractivity contribution in [3.8, 4) is 5.75 Å². The first-order valence-electron chi connectivity index (χ1n) is 9.70. The van der Waals surface area contributed by atoms with Crippen LogP contribution in [0, 0.1) is 0 Å². The molecule has 1 heterocycles. The van der Waals surface area contributed by atoms with Gasteiger partial charge in [0.1, 0.15) is 11.4 Å². The lowest BCUT2D eigenvalue weighted by Gasteiger charge is -2.32. The van der Waals surface area contributed by atoms with Crippen molar-refractivity contribution in [3.05, 3.63) is 29.2 Å². The number of hydrogen-bond donors (Lipinski definition) is 2. The van der Waals surface area contributed by atoms with E-state index in [1.165, 1.54) is 0 Å². The van der Waals surface area contributed by atoms with Crippen LogP contribution in [-0.4, -0.2) is 43.7 Å². The summed E-state index contributed by atoms with van der Waals surface area (Å²) in [7, 11) is 0.956. The molecule has 7 nitrogen and oxygen atoms in total. The van der Waals surface area contributed by atoms with E-state index in [1.807, 2.05) is 54.5 Å². The Kier molecular flexibility index (Phi) is 6.60. The number of amides is 1. The molecule has 0 unspecified atom stereocenters. The van der Waals surface area contributed by atoms with Gasteiger partial charge < -0.3 is 29.8 Å². The number of nitrogens with one attached hydrogen (secondary N) is 1. The summed E-state index contributed by atoms with van der Waals surface area (Å²) in [6.07, 6.45) is 1.36. The van der Waals surface area contributed by atoms with Gasteiger partial charge >= 0.3 is 13.2 Å². The molecular formula is C21H33BN2O5. The zero-order valence-electron chi connectivity index (χ0n) is 18.7. The highest BCUT2D eigenvalue weighted by Gasteiger charge is 2.52. The van der Waals surface area contributed by atoms with Crippen molar-refractivity contribution in [1.29, 1.82) is 0 Å². The van der Waals surface area contributed by atoms with E-state index in [0.29, 0.717) is 11.4 Å². The number of benzene rings is 1. The van der Waals surface area contributed by atoms with Crippen molar-refractivity contribution in [3.63, 3.8) is 0 Å². The molecule has 2 rings (SSSR count). The first kappa shape index (κ1) is 23.1. The van der Waals surface area contributed by atoms with Gasteiger partial charge in [-0.05, 0) is 72.1 Å². The zero-order chi connectivity index (χ0) is 22.0. The molecule has 29 heavy (non-hydrogen) atoms. The summed E-state index contributed by atoms with van der Waals surface area (Å²) in [6, 6.07) is 5.37. The van der Waals surface area contributed by atoms with Crippen LogP contribution < -0.4 is 15.8 Å². The first-order chi connectivity index (χ1) is 13.2. The minimum atomic E-state index is -0.638. The Labute approximate surface area is 174 Å². The lowest BCUT2D eigenvalue weighted by molar-refractivity contribution is 0.00578. The lowest BCUT2D eigenvalue weighted by Crippen LogP contribution is -2.41. The molecule has 1 saturated heterocycles. The molecular weight excluding hydrogens is 371 g/mol. The lowest BCUT2D eigenvalue weighted by atomic mass is 9.77. The molecule has 1 aromatic rings. The van der Waals surface area contributed by atoms with Gasteiger partial charge in [-0.2, -0.15) is 0 Å². The molecule has 1 aliphatic heterocycles. The van der Waals surface area contributed by atoms with Crippen LogP contribution in [0.5, 0.6) is 5.75 Å². The molecule has 1 amide bonds. The third-order valence-corrected chi connectivity index (χ3v) is 4.99. The van der Waals surface area contributed by atoms with Crippen LogP contribution in [0.3, 0.4) is 0 Å². The second kappa shape index (κ2) is 8.28. The predicted molar refractivity (Wildman–Crippen MR) is 116 cm³/mol. The van der Waals surface area contributed by atoms with Gasteiger partial charge in [0, 0.05) is 17.8 Å². The van der Waals surface area contributed by atoms with Crippen LogP contribution in [0.4, 0.5) is 10.5 Å². The number of hydrogen-bond acceptors (Lipinski definition) is 6. The van der Waals surface area contributed by atoms with E-state index in [1.54, 1.807) is 25.3 Å². The molecule has 1 aliphatic rings. The number of rotatable bonds is 5. The van der Waals surface area contributed by atoms with Crippen molar-refractivity contribution >= 4 is 25.0 Å². The first-order valence-corrected chi connectivity index (χ1v) is 9.70. The largest absolute Gasteiger partial charge is 0.496 e. The number of carbonyl (C=O) groups excluding carboxylic acids is 1. The second-order valence-corrected chi connectivity index (χ2v) is 9.16. The Bertz CT molecular complexity index is 768. The van der Waals surface area contributed by atoms with Crippen LogP contribution in [0.25, 0.3) is 6.08 Å². The fourth-order valence-corrected chi connectivity index (χ4v) is 2.75. The Balaban J connectivity index is 2.34. The van der Waals surface area contributed by atoms with Crippen LogP contribution in [-0.2, 0) is 14.0 Å². The third kappa shape index (κ3) is 5.90. The van der Waals surface area contributed by atoms with E-state index in [0.717, 1.165) is 11.0 Å². The van der Waals surface area contributed by atoms with Gasteiger partial charge in [0.15, 0.2) is 0 Å². The van der Waals surface area contributed by atoms with E-state index >= 15 is 0 Å². The molecule has 0 atom stereocenters. The number of nitrogen functional groups attached to an aromatic ring is 1. The maximum atomic E-state index is 12.2. The minimum absolute atomic E-state index is 0.184. The van der Waals surface area contributed by atoms with E-state index in [-0.39, 0.29) is 6.54 Å². The van der Waals surface area contributed by atoms with Crippen LogP contribution in [0.2, 0.25) is 0 Å². The van der Waals surface area contributed by atoms with E-state index < -0.39 is 30.0 Å². The number of ether oxygens (including phenoxy) is 2. The molecule has 0 saturated carbocycles. The Morgan fingerprint density at radius 2 is 1.79 bits per heavy atom. The zero-order valence-corrected chi connectivity index (χ0v) is 18.7. The van der Waals surface area contributed by atoms with Gasteiger partial charge in [-0.3, -0.25) is 0 Å². The van der Waals surface area contributed by atoms with Gasteiger partial charge in [0.2, 0.25) is 0 Å². The van der Waals surface area contributed by atoms with Crippen molar-refractivity contribution < 1.29 is 23.6 Å². The van der Waals surface area contributed by atoms with Gasteiger partial charge in [-0.25, -0.2) is 4.79 Å². The SMILES string of the molecule is COc1ccc(N)cc1C=C(CNC(=O)OC(C)(C)C)B1OC(C)(C)C(C)(C)O1. The fraction of sp³-hybridized carbons (Fsp3) is 0.571. The summed E-state index contributed by atoms with van der Waals surface area (Å²) in [5.41, 5.74) is 6.43. The van der Waals surface area contributed by atoms with Gasteiger partial charge in [-0.15, -0.1) is 0 Å². The monoisotopic (exact) mass is 404 g/mol. The molecule has 3 N–H and O–H groups in total. The second-order valence-electron chi connectivity index (χ2n) is 9.16. The minimum Gasteiger partial charge on any atom is -0.496 e. The number of anilines is 1. The molecule has 1 fully saturated rings. The van der Waals surface area contributed by atoms with Crippen LogP contribution >= 0.6 is 0 Å². The smallest absolute Gasteiger partial charge is 0.492 e. The maximum Gasteiger partial charge on any atom is 0.492 e. The highest BCUT2D eigenvalue weighted by atomic mass is 16.7.